The Balaban J connectivity index is 1.99. The van der Waals surface area contributed by atoms with Crippen LogP contribution in [0, 0.1) is 6.92 Å². The summed E-state index contributed by atoms with van der Waals surface area (Å²) >= 11 is 13.4. The molecule has 1 aliphatic rings. The average Bonchev–Trinajstić information content (AvgIpc) is 2.82. The molecule has 1 fully saturated rings. The van der Waals surface area contributed by atoms with Crippen molar-refractivity contribution >= 4 is 46.4 Å². The summed E-state index contributed by atoms with van der Waals surface area (Å²) in [7, 11) is 0. The Kier molecular flexibility index (Phi) is 4.31. The summed E-state index contributed by atoms with van der Waals surface area (Å²) in [5.41, 5.74) is 6.40. The van der Waals surface area contributed by atoms with Gasteiger partial charge < -0.3 is 10.6 Å². The molecule has 2 heterocycles. The lowest BCUT2D eigenvalue weighted by atomic mass is 10.0. The fraction of sp³-hybridized carbons (Fsp3) is 0.267. The number of halogens is 2. The zero-order valence-electron chi connectivity index (χ0n) is 12.2. The number of carbonyl (C=O) groups is 2. The molecule has 5 nitrogen and oxygen atoms in total. The molecule has 1 aromatic carbocycles. The number of carbonyl (C=O) groups excluding carboxylic acids is 2. The highest BCUT2D eigenvalue weighted by Gasteiger charge is 2.38. The normalized spacial score (nSPS) is 17.0. The van der Waals surface area contributed by atoms with Gasteiger partial charge in [0.2, 0.25) is 5.91 Å². The van der Waals surface area contributed by atoms with Crippen LogP contribution in [0.1, 0.15) is 21.9 Å². The minimum absolute atomic E-state index is 0.287. The number of nitrogens with zero attached hydrogens (tertiary/aromatic N) is 2. The predicted molar refractivity (Wildman–Crippen MR) is 90.9 cm³/mol. The van der Waals surface area contributed by atoms with E-state index in [1.165, 1.54) is 16.2 Å². The molecule has 1 unspecified atom stereocenters. The van der Waals surface area contributed by atoms with Crippen LogP contribution >= 0.6 is 34.5 Å². The van der Waals surface area contributed by atoms with Crippen molar-refractivity contribution in [2.24, 2.45) is 5.73 Å². The number of rotatable bonds is 3. The fourth-order valence-electron chi connectivity index (χ4n) is 2.47. The molecule has 3 rings (SSSR count). The molecule has 0 saturated carbocycles. The molecule has 1 aliphatic heterocycles. The Bertz CT molecular complexity index is 806. The fourth-order valence-corrected chi connectivity index (χ4v) is 3.67. The molecule has 0 aliphatic carbocycles. The quantitative estimate of drug-likeness (QED) is 0.902. The van der Waals surface area contributed by atoms with Gasteiger partial charge in [0.1, 0.15) is 11.7 Å². The van der Waals surface area contributed by atoms with E-state index in [4.69, 9.17) is 28.9 Å². The Morgan fingerprint density at radius 2 is 2.09 bits per heavy atom. The van der Waals surface area contributed by atoms with Crippen LogP contribution in [0.4, 0.5) is 0 Å². The third-order valence-electron chi connectivity index (χ3n) is 3.73. The van der Waals surface area contributed by atoms with Crippen LogP contribution in [0.2, 0.25) is 10.0 Å². The van der Waals surface area contributed by atoms with E-state index in [0.717, 1.165) is 10.6 Å². The molecular weight excluding hydrogens is 357 g/mol. The number of amides is 2. The van der Waals surface area contributed by atoms with Crippen molar-refractivity contribution in [3.63, 3.8) is 0 Å². The van der Waals surface area contributed by atoms with Crippen LogP contribution in [0.25, 0.3) is 10.4 Å². The second-order valence-corrected chi connectivity index (χ2v) is 7.26. The van der Waals surface area contributed by atoms with Crippen LogP contribution in [0.15, 0.2) is 18.2 Å². The van der Waals surface area contributed by atoms with E-state index in [2.05, 4.69) is 4.98 Å². The summed E-state index contributed by atoms with van der Waals surface area (Å²) in [4.78, 5) is 30.6. The molecule has 2 aromatic rings. The number of nitrogens with two attached hydrogens (primary N) is 1. The summed E-state index contributed by atoms with van der Waals surface area (Å²) in [6.45, 7) is 2.33. The first-order valence-corrected chi connectivity index (χ1v) is 8.49. The van der Waals surface area contributed by atoms with Crippen molar-refractivity contribution in [3.05, 3.63) is 38.9 Å². The molecule has 120 valence electrons. The standard InChI is InChI=1S/C15H13Cl2N3O2S/c1-7-19-12(15(22)20-5-4-11(20)14(18)21)13(23-7)8-2-3-9(16)10(17)6-8/h2-3,6,11H,4-5H2,1H3,(H2,18,21). The SMILES string of the molecule is Cc1nc(C(=O)N2CCC2C(N)=O)c(-c2ccc(Cl)c(Cl)c2)s1. The monoisotopic (exact) mass is 369 g/mol. The predicted octanol–water partition coefficient (Wildman–Crippen LogP) is 3.13. The van der Waals surface area contributed by atoms with Gasteiger partial charge in [-0.1, -0.05) is 29.3 Å². The van der Waals surface area contributed by atoms with Gasteiger partial charge >= 0.3 is 0 Å². The van der Waals surface area contributed by atoms with Gasteiger partial charge in [-0.3, -0.25) is 9.59 Å². The van der Waals surface area contributed by atoms with E-state index in [1.54, 1.807) is 18.2 Å². The molecule has 8 heteroatoms. The van der Waals surface area contributed by atoms with Gasteiger partial charge in [-0.05, 0) is 31.0 Å². The summed E-state index contributed by atoms with van der Waals surface area (Å²) in [6, 6.07) is 4.62. The Labute approximate surface area is 147 Å². The third kappa shape index (κ3) is 2.94. The van der Waals surface area contributed by atoms with Gasteiger partial charge in [-0.25, -0.2) is 4.98 Å². The zero-order chi connectivity index (χ0) is 16.7. The van der Waals surface area contributed by atoms with Gasteiger partial charge in [0, 0.05) is 6.54 Å². The minimum atomic E-state index is -0.550. The summed E-state index contributed by atoms with van der Waals surface area (Å²) in [5.74, 6) is -0.780. The maximum Gasteiger partial charge on any atom is 0.274 e. The van der Waals surface area contributed by atoms with Crippen molar-refractivity contribution < 1.29 is 9.59 Å². The van der Waals surface area contributed by atoms with E-state index in [-0.39, 0.29) is 5.91 Å². The first-order chi connectivity index (χ1) is 10.9. The molecule has 0 bridgehead atoms. The van der Waals surface area contributed by atoms with Gasteiger partial charge in [0.15, 0.2) is 0 Å². The van der Waals surface area contributed by atoms with Crippen LogP contribution in [-0.2, 0) is 4.79 Å². The smallest absolute Gasteiger partial charge is 0.274 e. The Morgan fingerprint density at radius 3 is 2.65 bits per heavy atom. The largest absolute Gasteiger partial charge is 0.368 e. The Hall–Kier alpha value is -1.63. The van der Waals surface area contributed by atoms with Crippen molar-refractivity contribution in [1.82, 2.24) is 9.88 Å². The van der Waals surface area contributed by atoms with Crippen LogP contribution in [-0.4, -0.2) is 34.3 Å². The lowest BCUT2D eigenvalue weighted by molar-refractivity contribution is -0.125. The number of likely N-dealkylation sites (tertiary alicyclic amines) is 1. The van der Waals surface area contributed by atoms with Crippen LogP contribution in [0.5, 0.6) is 0 Å². The molecule has 23 heavy (non-hydrogen) atoms. The first kappa shape index (κ1) is 16.2. The number of aryl methyl sites for hydroxylation is 1. The molecule has 2 N–H and O–H groups in total. The summed E-state index contributed by atoms with van der Waals surface area (Å²) in [5, 5.41) is 1.61. The van der Waals surface area contributed by atoms with E-state index < -0.39 is 11.9 Å². The molecule has 1 saturated heterocycles. The van der Waals surface area contributed by atoms with E-state index >= 15 is 0 Å². The van der Waals surface area contributed by atoms with Crippen LogP contribution < -0.4 is 5.73 Å². The van der Waals surface area contributed by atoms with Crippen LogP contribution in [0.3, 0.4) is 0 Å². The zero-order valence-corrected chi connectivity index (χ0v) is 14.5. The summed E-state index contributed by atoms with van der Waals surface area (Å²) < 4.78 is 0. The Morgan fingerprint density at radius 1 is 1.35 bits per heavy atom. The van der Waals surface area contributed by atoms with Crippen molar-refractivity contribution in [1.29, 1.82) is 0 Å². The minimum Gasteiger partial charge on any atom is -0.368 e. The molecule has 1 aromatic heterocycles. The lowest BCUT2D eigenvalue weighted by Gasteiger charge is -2.38. The highest BCUT2D eigenvalue weighted by molar-refractivity contribution is 7.15. The van der Waals surface area contributed by atoms with Crippen molar-refractivity contribution in [2.45, 2.75) is 19.4 Å². The highest BCUT2D eigenvalue weighted by Crippen LogP contribution is 2.35. The summed E-state index contributed by atoms with van der Waals surface area (Å²) in [6.07, 6.45) is 0.590. The maximum atomic E-state index is 12.7. The number of hydrogen-bond donors (Lipinski definition) is 1. The van der Waals surface area contributed by atoms with Crippen molar-refractivity contribution in [2.75, 3.05) is 6.54 Å². The van der Waals surface area contributed by atoms with E-state index in [9.17, 15) is 9.59 Å². The number of hydrogen-bond acceptors (Lipinski definition) is 4. The molecule has 0 spiro atoms. The first-order valence-electron chi connectivity index (χ1n) is 6.91. The molecule has 0 radical (unpaired) electrons. The second-order valence-electron chi connectivity index (χ2n) is 5.24. The van der Waals surface area contributed by atoms with Gasteiger partial charge in [0.25, 0.3) is 5.91 Å². The maximum absolute atomic E-state index is 12.7. The average molecular weight is 370 g/mol. The number of aromatic nitrogens is 1. The van der Waals surface area contributed by atoms with Gasteiger partial charge in [0.05, 0.1) is 19.9 Å². The number of benzene rings is 1. The van der Waals surface area contributed by atoms with Gasteiger partial charge in [-0.15, -0.1) is 11.3 Å². The van der Waals surface area contributed by atoms with E-state index in [1.807, 2.05) is 6.92 Å². The molecule has 2 amide bonds. The number of thiazole rings is 1. The highest BCUT2D eigenvalue weighted by atomic mass is 35.5. The second kappa shape index (κ2) is 6.11. The molecular formula is C15H13Cl2N3O2S. The number of primary amides is 1. The lowest BCUT2D eigenvalue weighted by Crippen LogP contribution is -2.57. The molecule has 1 atom stereocenters. The van der Waals surface area contributed by atoms with E-state index in [0.29, 0.717) is 33.6 Å². The van der Waals surface area contributed by atoms with Crippen molar-refractivity contribution in [3.8, 4) is 10.4 Å². The van der Waals surface area contributed by atoms with Gasteiger partial charge in [-0.2, -0.15) is 0 Å². The topological polar surface area (TPSA) is 76.3 Å². The third-order valence-corrected chi connectivity index (χ3v) is 5.49.